The molecule has 10 nitrogen and oxygen atoms in total. The van der Waals surface area contributed by atoms with Gasteiger partial charge in [-0.1, -0.05) is 57.2 Å². The number of ether oxygens (including phenoxy) is 6. The van der Waals surface area contributed by atoms with Crippen LogP contribution in [0, 0.1) is 0 Å². The Kier molecular flexibility index (Phi) is 17.3. The fraction of sp³-hybridized carbons (Fsp3) is 0.625. The Bertz CT molecular complexity index is 1020. The third-order valence-electron chi connectivity index (χ3n) is 7.63. The molecule has 0 fully saturated rings. The number of aliphatic hydroxyl groups is 1. The minimum Gasteiger partial charge on any atom is -0.467 e. The number of aliphatic hydroxyl groups excluding tert-OH is 1. The van der Waals surface area contributed by atoms with Crippen molar-refractivity contribution < 1.29 is 38.0 Å². The van der Waals surface area contributed by atoms with Crippen LogP contribution in [0.15, 0.2) is 48.5 Å². The highest BCUT2D eigenvalue weighted by atomic mass is 28.4. The maximum Gasteiger partial charge on any atom is 0.192 e. The Hall–Kier alpha value is -2.06. The van der Waals surface area contributed by atoms with E-state index < -0.39 is 8.32 Å². The van der Waals surface area contributed by atoms with Gasteiger partial charge in [0, 0.05) is 50.5 Å². The molecule has 3 N–H and O–H groups in total. The van der Waals surface area contributed by atoms with E-state index in [2.05, 4.69) is 44.5 Å². The standard InChI is InChI=1S/C32H54N2O8Si/c1-32(2,3)43(6,7)42-23-29(34-21-27-13-9-11-15-31(27)41-25-39-19-17-37-5)28(22-35)33-20-26-12-8-10-14-30(26)40-24-38-18-16-36-4/h8-15,28-29,33-35H,16-25H2,1-7H3/t28-,29-/m0/s1. The lowest BCUT2D eigenvalue weighted by atomic mass is 10.1. The molecule has 0 saturated carbocycles. The Morgan fingerprint density at radius 1 is 0.721 bits per heavy atom. The molecule has 2 rings (SSSR count). The van der Waals surface area contributed by atoms with Gasteiger partial charge in [-0.2, -0.15) is 0 Å². The van der Waals surface area contributed by atoms with Crippen molar-refractivity contribution in [3.8, 4) is 11.5 Å². The molecule has 0 bridgehead atoms. The molecule has 0 aliphatic rings. The molecule has 0 radical (unpaired) electrons. The number of rotatable bonds is 23. The van der Waals surface area contributed by atoms with Crippen molar-refractivity contribution in [1.29, 1.82) is 0 Å². The van der Waals surface area contributed by atoms with Gasteiger partial charge in [0.25, 0.3) is 0 Å². The smallest absolute Gasteiger partial charge is 0.192 e. The van der Waals surface area contributed by atoms with E-state index in [-0.39, 0.29) is 37.3 Å². The summed E-state index contributed by atoms with van der Waals surface area (Å²) in [4.78, 5) is 0. The van der Waals surface area contributed by atoms with Crippen LogP contribution in [0.25, 0.3) is 0 Å². The van der Waals surface area contributed by atoms with Crippen LogP contribution < -0.4 is 20.1 Å². The van der Waals surface area contributed by atoms with Crippen LogP contribution in [0.3, 0.4) is 0 Å². The van der Waals surface area contributed by atoms with Crippen molar-refractivity contribution in [2.45, 2.75) is 64.1 Å². The number of hydrogen-bond donors (Lipinski definition) is 3. The molecule has 2 atom stereocenters. The summed E-state index contributed by atoms with van der Waals surface area (Å²) in [6.45, 7) is 14.7. The lowest BCUT2D eigenvalue weighted by Gasteiger charge is -2.38. The highest BCUT2D eigenvalue weighted by molar-refractivity contribution is 6.74. The largest absolute Gasteiger partial charge is 0.467 e. The zero-order valence-electron chi connectivity index (χ0n) is 27.1. The van der Waals surface area contributed by atoms with E-state index in [9.17, 15) is 5.11 Å². The molecule has 0 spiro atoms. The molecule has 0 aliphatic heterocycles. The van der Waals surface area contributed by atoms with Gasteiger partial charge in [0.15, 0.2) is 21.9 Å². The molecule has 2 aromatic carbocycles. The molecule has 244 valence electrons. The van der Waals surface area contributed by atoms with Crippen molar-refractivity contribution in [3.05, 3.63) is 59.7 Å². The quantitative estimate of drug-likeness (QED) is 0.0942. The average Bonchev–Trinajstić information content (AvgIpc) is 2.98. The molecule has 0 unspecified atom stereocenters. The highest BCUT2D eigenvalue weighted by Gasteiger charge is 2.38. The van der Waals surface area contributed by atoms with Crippen molar-refractivity contribution in [2.75, 3.05) is 67.4 Å². The van der Waals surface area contributed by atoms with Gasteiger partial charge in [-0.25, -0.2) is 0 Å². The fourth-order valence-electron chi connectivity index (χ4n) is 3.84. The second-order valence-corrected chi connectivity index (χ2v) is 16.6. The topological polar surface area (TPSA) is 109 Å². The second kappa shape index (κ2) is 20.1. The van der Waals surface area contributed by atoms with Gasteiger partial charge in [-0.15, -0.1) is 0 Å². The van der Waals surface area contributed by atoms with Crippen molar-refractivity contribution >= 4 is 8.32 Å². The van der Waals surface area contributed by atoms with Gasteiger partial charge in [0.2, 0.25) is 0 Å². The lowest BCUT2D eigenvalue weighted by Crippen LogP contribution is -2.54. The maximum absolute atomic E-state index is 10.5. The molecule has 0 aliphatic carbocycles. The summed E-state index contributed by atoms with van der Waals surface area (Å²) < 4.78 is 39.4. The number of hydrogen-bond acceptors (Lipinski definition) is 10. The first-order chi connectivity index (χ1) is 20.6. The van der Waals surface area contributed by atoms with E-state index in [1.165, 1.54) is 0 Å². The lowest BCUT2D eigenvalue weighted by molar-refractivity contribution is -0.00908. The third-order valence-corrected chi connectivity index (χ3v) is 12.1. The summed E-state index contributed by atoms with van der Waals surface area (Å²) in [5.41, 5.74) is 1.95. The molecular formula is C32H54N2O8Si. The molecule has 11 heteroatoms. The minimum absolute atomic E-state index is 0.0601. The van der Waals surface area contributed by atoms with Crippen LogP contribution in [0.4, 0.5) is 0 Å². The highest BCUT2D eigenvalue weighted by Crippen LogP contribution is 2.36. The summed E-state index contributed by atoms with van der Waals surface area (Å²) in [7, 11) is 1.23. The molecule has 43 heavy (non-hydrogen) atoms. The number of methoxy groups -OCH3 is 2. The summed E-state index contributed by atoms with van der Waals surface area (Å²) in [5, 5.41) is 17.8. The molecular weight excluding hydrogens is 568 g/mol. The summed E-state index contributed by atoms with van der Waals surface area (Å²) >= 11 is 0. The third kappa shape index (κ3) is 13.6. The van der Waals surface area contributed by atoms with Gasteiger partial charge in [0.1, 0.15) is 11.5 Å². The van der Waals surface area contributed by atoms with E-state index in [1.54, 1.807) is 14.2 Å². The van der Waals surface area contributed by atoms with Gasteiger partial charge < -0.3 is 48.6 Å². The van der Waals surface area contributed by atoms with Crippen molar-refractivity contribution in [1.82, 2.24) is 10.6 Å². The molecule has 2 aromatic rings. The summed E-state index contributed by atoms with van der Waals surface area (Å²) in [6.07, 6.45) is 0. The van der Waals surface area contributed by atoms with Crippen LogP contribution in [-0.2, 0) is 36.5 Å². The van der Waals surface area contributed by atoms with Gasteiger partial charge in [-0.05, 0) is 30.3 Å². The van der Waals surface area contributed by atoms with Crippen LogP contribution in [0.5, 0.6) is 11.5 Å². The normalized spacial score (nSPS) is 13.6. The summed E-state index contributed by atoms with van der Waals surface area (Å²) in [5.74, 6) is 1.47. The number of benzene rings is 2. The zero-order chi connectivity index (χ0) is 31.6. The summed E-state index contributed by atoms with van der Waals surface area (Å²) in [6, 6.07) is 15.2. The Balaban J connectivity index is 2.12. The fourth-order valence-corrected chi connectivity index (χ4v) is 4.87. The zero-order valence-corrected chi connectivity index (χ0v) is 28.1. The van der Waals surface area contributed by atoms with Crippen LogP contribution in [-0.4, -0.2) is 93.0 Å². The first-order valence-corrected chi connectivity index (χ1v) is 17.8. The predicted molar refractivity (Wildman–Crippen MR) is 171 cm³/mol. The SMILES string of the molecule is COCCOCOc1ccccc1CN[C@@H](CO)[C@H](CO[Si](C)(C)C(C)(C)C)NCc1ccccc1OCOCCOC. The van der Waals surface area contributed by atoms with Gasteiger partial charge in [0.05, 0.1) is 39.6 Å². The van der Waals surface area contributed by atoms with E-state index in [0.29, 0.717) is 46.1 Å². The van der Waals surface area contributed by atoms with Crippen LogP contribution >= 0.6 is 0 Å². The molecule has 0 amide bonds. The second-order valence-electron chi connectivity index (χ2n) is 11.8. The monoisotopic (exact) mass is 622 g/mol. The Morgan fingerprint density at radius 3 is 1.63 bits per heavy atom. The minimum atomic E-state index is -2.04. The Morgan fingerprint density at radius 2 is 1.19 bits per heavy atom. The number of nitrogens with one attached hydrogen (secondary N) is 2. The van der Waals surface area contributed by atoms with Crippen LogP contribution in [0.1, 0.15) is 31.9 Å². The maximum atomic E-state index is 10.5. The van der Waals surface area contributed by atoms with Crippen molar-refractivity contribution in [3.63, 3.8) is 0 Å². The first kappa shape index (κ1) is 37.1. The number of para-hydroxylation sites is 2. The van der Waals surface area contributed by atoms with E-state index in [4.69, 9.17) is 32.8 Å². The van der Waals surface area contributed by atoms with E-state index in [1.807, 2.05) is 48.5 Å². The van der Waals surface area contributed by atoms with Gasteiger partial charge >= 0.3 is 0 Å². The van der Waals surface area contributed by atoms with E-state index >= 15 is 0 Å². The molecule has 0 aromatic heterocycles. The predicted octanol–water partition coefficient (Wildman–Crippen LogP) is 4.32. The van der Waals surface area contributed by atoms with Gasteiger partial charge in [-0.3, -0.25) is 0 Å². The molecule has 0 heterocycles. The average molecular weight is 623 g/mol. The Labute approximate surface area is 259 Å². The first-order valence-electron chi connectivity index (χ1n) is 14.9. The molecule has 0 saturated heterocycles. The van der Waals surface area contributed by atoms with Crippen molar-refractivity contribution in [2.24, 2.45) is 0 Å². The van der Waals surface area contributed by atoms with Crippen LogP contribution in [0.2, 0.25) is 18.1 Å². The van der Waals surface area contributed by atoms with E-state index in [0.717, 1.165) is 22.6 Å².